The summed E-state index contributed by atoms with van der Waals surface area (Å²) in [5.41, 5.74) is 7.22. The summed E-state index contributed by atoms with van der Waals surface area (Å²) in [6.07, 6.45) is 2.25. The van der Waals surface area contributed by atoms with Gasteiger partial charge in [0.1, 0.15) is 5.51 Å². The predicted octanol–water partition coefficient (Wildman–Crippen LogP) is 1.63. The van der Waals surface area contributed by atoms with Crippen LogP contribution in [0.3, 0.4) is 0 Å². The van der Waals surface area contributed by atoms with E-state index in [-0.39, 0.29) is 11.3 Å². The van der Waals surface area contributed by atoms with E-state index in [4.69, 9.17) is 5.73 Å². The van der Waals surface area contributed by atoms with E-state index < -0.39 is 0 Å². The number of nitrogens with two attached hydrogens (primary N) is 1. The fourth-order valence-corrected chi connectivity index (χ4v) is 1.84. The van der Waals surface area contributed by atoms with Crippen molar-refractivity contribution in [2.24, 2.45) is 11.1 Å². The predicted molar refractivity (Wildman–Crippen MR) is 65.2 cm³/mol. The molecule has 1 amide bonds. The molecule has 0 fully saturated rings. The van der Waals surface area contributed by atoms with Crippen LogP contribution in [0, 0.1) is 5.41 Å². The molecular weight excluding hydrogens is 224 g/mol. The van der Waals surface area contributed by atoms with Crippen LogP contribution in [0.25, 0.3) is 0 Å². The molecule has 5 nitrogen and oxygen atoms in total. The highest BCUT2D eigenvalue weighted by molar-refractivity contribution is 7.13. The summed E-state index contributed by atoms with van der Waals surface area (Å²) in [4.78, 5) is 11.6. The Balaban J connectivity index is 2.30. The molecular formula is C10H18N4OS. The molecule has 90 valence electrons. The fourth-order valence-electron chi connectivity index (χ4n) is 1.38. The Morgan fingerprint density at radius 2 is 2.31 bits per heavy atom. The van der Waals surface area contributed by atoms with Crippen LogP contribution >= 0.6 is 11.3 Å². The van der Waals surface area contributed by atoms with Gasteiger partial charge in [-0.05, 0) is 24.8 Å². The number of rotatable bonds is 6. The Morgan fingerprint density at radius 3 is 2.88 bits per heavy atom. The quantitative estimate of drug-likeness (QED) is 0.794. The maximum atomic E-state index is 11.6. The molecule has 1 rings (SSSR count). The number of carbonyl (C=O) groups excluding carboxylic acids is 1. The van der Waals surface area contributed by atoms with Crippen molar-refractivity contribution in [1.82, 2.24) is 10.2 Å². The molecule has 0 radical (unpaired) electrons. The summed E-state index contributed by atoms with van der Waals surface area (Å²) < 4.78 is 0. The van der Waals surface area contributed by atoms with Crippen LogP contribution in [0.4, 0.5) is 5.13 Å². The Labute approximate surface area is 99.5 Å². The first-order chi connectivity index (χ1) is 7.53. The second kappa shape index (κ2) is 5.91. The van der Waals surface area contributed by atoms with Crippen LogP contribution in [0.2, 0.25) is 0 Å². The molecule has 0 bridgehead atoms. The number of nitrogens with one attached hydrogen (secondary N) is 1. The highest BCUT2D eigenvalue weighted by Gasteiger charge is 2.18. The van der Waals surface area contributed by atoms with E-state index in [9.17, 15) is 4.79 Å². The van der Waals surface area contributed by atoms with E-state index in [2.05, 4.69) is 29.4 Å². The smallest absolute Gasteiger partial charge is 0.226 e. The van der Waals surface area contributed by atoms with Gasteiger partial charge in [0.2, 0.25) is 11.0 Å². The first-order valence-electron chi connectivity index (χ1n) is 5.29. The van der Waals surface area contributed by atoms with Gasteiger partial charge in [0.05, 0.1) is 0 Å². The molecule has 0 aliphatic carbocycles. The number of amides is 1. The number of hydrogen-bond acceptors (Lipinski definition) is 5. The molecule has 0 spiro atoms. The van der Waals surface area contributed by atoms with Gasteiger partial charge < -0.3 is 11.1 Å². The molecule has 1 aromatic heterocycles. The van der Waals surface area contributed by atoms with Crippen molar-refractivity contribution in [2.75, 3.05) is 11.9 Å². The van der Waals surface area contributed by atoms with Crippen LogP contribution in [0.15, 0.2) is 5.51 Å². The highest BCUT2D eigenvalue weighted by atomic mass is 32.1. The summed E-state index contributed by atoms with van der Waals surface area (Å²) in [5, 5.41) is 10.7. The molecule has 0 aliphatic heterocycles. The molecule has 0 saturated carbocycles. The SMILES string of the molecule is CC(C)(CCN)CCC(=O)Nc1nncs1. The Bertz CT molecular complexity index is 324. The minimum atomic E-state index is -0.0122. The molecule has 1 heterocycles. The van der Waals surface area contributed by atoms with Crippen molar-refractivity contribution in [1.29, 1.82) is 0 Å². The van der Waals surface area contributed by atoms with E-state index in [0.29, 0.717) is 18.1 Å². The monoisotopic (exact) mass is 242 g/mol. The maximum absolute atomic E-state index is 11.6. The molecule has 0 aliphatic rings. The minimum Gasteiger partial charge on any atom is -0.330 e. The van der Waals surface area contributed by atoms with E-state index in [1.165, 1.54) is 11.3 Å². The lowest BCUT2D eigenvalue weighted by molar-refractivity contribution is -0.116. The van der Waals surface area contributed by atoms with Gasteiger partial charge in [-0.2, -0.15) is 0 Å². The number of nitrogens with zero attached hydrogens (tertiary/aromatic N) is 2. The average Bonchev–Trinajstić information content (AvgIpc) is 2.68. The van der Waals surface area contributed by atoms with Gasteiger partial charge in [-0.3, -0.25) is 4.79 Å². The third-order valence-corrected chi connectivity index (χ3v) is 3.06. The van der Waals surface area contributed by atoms with Crippen molar-refractivity contribution >= 4 is 22.4 Å². The van der Waals surface area contributed by atoms with Crippen LogP contribution in [0.5, 0.6) is 0 Å². The van der Waals surface area contributed by atoms with Crippen LogP contribution in [-0.2, 0) is 4.79 Å². The normalized spacial score (nSPS) is 11.4. The van der Waals surface area contributed by atoms with Gasteiger partial charge >= 0.3 is 0 Å². The molecule has 0 aromatic carbocycles. The summed E-state index contributed by atoms with van der Waals surface area (Å²) in [5.74, 6) is -0.0122. The molecule has 16 heavy (non-hydrogen) atoms. The van der Waals surface area contributed by atoms with E-state index in [1.54, 1.807) is 5.51 Å². The molecule has 6 heteroatoms. The zero-order chi connectivity index (χ0) is 12.0. The minimum absolute atomic E-state index is 0.0122. The lowest BCUT2D eigenvalue weighted by Crippen LogP contribution is -2.20. The first kappa shape index (κ1) is 13.1. The zero-order valence-corrected chi connectivity index (χ0v) is 10.5. The Hall–Kier alpha value is -1.01. The summed E-state index contributed by atoms with van der Waals surface area (Å²) in [7, 11) is 0. The zero-order valence-electron chi connectivity index (χ0n) is 9.69. The van der Waals surface area contributed by atoms with Crippen molar-refractivity contribution in [3.8, 4) is 0 Å². The van der Waals surface area contributed by atoms with Crippen LogP contribution in [-0.4, -0.2) is 22.6 Å². The molecule has 0 unspecified atom stereocenters. The fraction of sp³-hybridized carbons (Fsp3) is 0.700. The topological polar surface area (TPSA) is 80.9 Å². The highest BCUT2D eigenvalue weighted by Crippen LogP contribution is 2.26. The molecule has 1 aromatic rings. The van der Waals surface area contributed by atoms with Crippen LogP contribution < -0.4 is 11.1 Å². The van der Waals surface area contributed by atoms with E-state index in [0.717, 1.165) is 12.8 Å². The van der Waals surface area contributed by atoms with Crippen molar-refractivity contribution in [2.45, 2.75) is 33.1 Å². The number of carbonyl (C=O) groups is 1. The number of aromatic nitrogens is 2. The molecule has 0 saturated heterocycles. The summed E-state index contributed by atoms with van der Waals surface area (Å²) in [6, 6.07) is 0. The van der Waals surface area contributed by atoms with Gasteiger partial charge in [0.25, 0.3) is 0 Å². The van der Waals surface area contributed by atoms with E-state index >= 15 is 0 Å². The summed E-state index contributed by atoms with van der Waals surface area (Å²) in [6.45, 7) is 4.90. The van der Waals surface area contributed by atoms with Crippen LogP contribution in [0.1, 0.15) is 33.1 Å². The lowest BCUT2D eigenvalue weighted by atomic mass is 9.84. The molecule has 3 N–H and O–H groups in total. The third-order valence-electron chi connectivity index (χ3n) is 2.46. The van der Waals surface area contributed by atoms with Crippen molar-refractivity contribution < 1.29 is 4.79 Å². The lowest BCUT2D eigenvalue weighted by Gasteiger charge is -2.23. The van der Waals surface area contributed by atoms with Gasteiger partial charge in [-0.15, -0.1) is 10.2 Å². The number of hydrogen-bond donors (Lipinski definition) is 2. The second-order valence-electron chi connectivity index (χ2n) is 4.49. The third kappa shape index (κ3) is 4.67. The Morgan fingerprint density at radius 1 is 1.56 bits per heavy atom. The first-order valence-corrected chi connectivity index (χ1v) is 6.17. The largest absolute Gasteiger partial charge is 0.330 e. The van der Waals surface area contributed by atoms with E-state index in [1.807, 2.05) is 0 Å². The van der Waals surface area contributed by atoms with Gasteiger partial charge in [0.15, 0.2) is 0 Å². The number of anilines is 1. The van der Waals surface area contributed by atoms with Crippen molar-refractivity contribution in [3.05, 3.63) is 5.51 Å². The average molecular weight is 242 g/mol. The van der Waals surface area contributed by atoms with Gasteiger partial charge in [-0.1, -0.05) is 25.2 Å². The standard InChI is InChI=1S/C10H18N4OS/c1-10(2,5-6-11)4-3-8(15)13-9-14-12-7-16-9/h7H,3-6,11H2,1-2H3,(H,13,14,15). The van der Waals surface area contributed by atoms with Crippen molar-refractivity contribution in [3.63, 3.8) is 0 Å². The summed E-state index contributed by atoms with van der Waals surface area (Å²) >= 11 is 1.32. The molecule has 0 atom stereocenters. The maximum Gasteiger partial charge on any atom is 0.226 e. The van der Waals surface area contributed by atoms with Gasteiger partial charge in [0, 0.05) is 6.42 Å². The Kier molecular flexibility index (Phi) is 4.82. The second-order valence-corrected chi connectivity index (χ2v) is 5.33. The van der Waals surface area contributed by atoms with Gasteiger partial charge in [-0.25, -0.2) is 0 Å².